The Bertz CT molecular complexity index is 892. The van der Waals surface area contributed by atoms with Gasteiger partial charge in [-0.2, -0.15) is 0 Å². The maximum atomic E-state index is 10.9. The standard InChI is InChI=1S/C18H16Br2O4/c1-8-11(19)6-10(7-12(8)20)17(23)16-15-13(22)4-3-5-14(15)24-18(16)9(2)21/h3-7,9,17,21-23H,1-2H3. The number of phenols is 1. The largest absolute Gasteiger partial charge is 0.507 e. The van der Waals surface area contributed by atoms with Crippen LogP contribution in [-0.4, -0.2) is 15.3 Å². The van der Waals surface area contributed by atoms with Crippen molar-refractivity contribution in [3.63, 3.8) is 0 Å². The second-order valence-corrected chi connectivity index (χ2v) is 7.43. The number of aliphatic hydroxyl groups is 2. The highest BCUT2D eigenvalue weighted by molar-refractivity contribution is 9.11. The van der Waals surface area contributed by atoms with Gasteiger partial charge in [-0.15, -0.1) is 0 Å². The zero-order valence-corrected chi connectivity index (χ0v) is 16.2. The Morgan fingerprint density at radius 1 is 1.08 bits per heavy atom. The maximum Gasteiger partial charge on any atom is 0.139 e. The maximum absolute atomic E-state index is 10.9. The fourth-order valence-electron chi connectivity index (χ4n) is 2.74. The lowest BCUT2D eigenvalue weighted by atomic mass is 9.96. The van der Waals surface area contributed by atoms with E-state index in [2.05, 4.69) is 31.9 Å². The first-order valence-corrected chi connectivity index (χ1v) is 8.95. The van der Waals surface area contributed by atoms with Gasteiger partial charge in [0.1, 0.15) is 29.3 Å². The molecule has 6 heteroatoms. The van der Waals surface area contributed by atoms with Crippen LogP contribution in [0.1, 0.15) is 41.6 Å². The lowest BCUT2D eigenvalue weighted by Crippen LogP contribution is -2.05. The van der Waals surface area contributed by atoms with E-state index in [1.807, 2.05) is 19.1 Å². The third-order valence-electron chi connectivity index (χ3n) is 4.03. The van der Waals surface area contributed by atoms with Crippen molar-refractivity contribution < 1.29 is 19.7 Å². The van der Waals surface area contributed by atoms with Gasteiger partial charge in [0.2, 0.25) is 0 Å². The average molecular weight is 456 g/mol. The average Bonchev–Trinajstić information content (AvgIpc) is 2.92. The minimum Gasteiger partial charge on any atom is -0.507 e. The number of furan rings is 1. The van der Waals surface area contributed by atoms with Crippen LogP contribution in [0.25, 0.3) is 11.0 Å². The van der Waals surface area contributed by atoms with Crippen LogP contribution < -0.4 is 0 Å². The topological polar surface area (TPSA) is 73.8 Å². The summed E-state index contributed by atoms with van der Waals surface area (Å²) in [4.78, 5) is 0. The molecule has 1 aromatic heterocycles. The third kappa shape index (κ3) is 2.88. The molecule has 3 N–H and O–H groups in total. The number of rotatable bonds is 3. The minimum atomic E-state index is -1.06. The van der Waals surface area contributed by atoms with E-state index in [0.717, 1.165) is 14.5 Å². The van der Waals surface area contributed by atoms with Crippen molar-refractivity contribution in [2.24, 2.45) is 0 Å². The summed E-state index contributed by atoms with van der Waals surface area (Å²) in [5.41, 5.74) is 2.43. The third-order valence-corrected chi connectivity index (χ3v) is 5.68. The first-order chi connectivity index (χ1) is 11.3. The van der Waals surface area contributed by atoms with Crippen molar-refractivity contribution in [1.29, 1.82) is 0 Å². The minimum absolute atomic E-state index is 0.00226. The quantitative estimate of drug-likeness (QED) is 0.513. The lowest BCUT2D eigenvalue weighted by molar-refractivity contribution is 0.159. The smallest absolute Gasteiger partial charge is 0.139 e. The Hall–Kier alpha value is -1.34. The molecule has 24 heavy (non-hydrogen) atoms. The summed E-state index contributed by atoms with van der Waals surface area (Å²) < 4.78 is 7.37. The van der Waals surface area contributed by atoms with Gasteiger partial charge in [-0.05, 0) is 49.2 Å². The fraction of sp³-hybridized carbons (Fsp3) is 0.222. The molecular weight excluding hydrogens is 440 g/mol. The van der Waals surface area contributed by atoms with Crippen LogP contribution in [0, 0.1) is 6.92 Å². The number of phenolic OH excluding ortho intramolecular Hbond substituents is 1. The molecular formula is C18H16Br2O4. The van der Waals surface area contributed by atoms with Gasteiger partial charge in [-0.3, -0.25) is 0 Å². The molecule has 0 amide bonds. The van der Waals surface area contributed by atoms with Crippen LogP contribution in [0.2, 0.25) is 0 Å². The van der Waals surface area contributed by atoms with E-state index in [1.54, 1.807) is 19.1 Å². The summed E-state index contributed by atoms with van der Waals surface area (Å²) in [6.07, 6.45) is -1.98. The number of benzene rings is 2. The molecule has 0 fully saturated rings. The summed E-state index contributed by atoms with van der Waals surface area (Å²) in [5, 5.41) is 31.6. The first-order valence-electron chi connectivity index (χ1n) is 7.37. The highest BCUT2D eigenvalue weighted by Crippen LogP contribution is 2.42. The van der Waals surface area contributed by atoms with E-state index in [1.165, 1.54) is 6.07 Å². The molecule has 0 aliphatic heterocycles. The predicted octanol–water partition coefficient (Wildman–Crippen LogP) is 5.11. The molecule has 0 aliphatic rings. The van der Waals surface area contributed by atoms with E-state index in [-0.39, 0.29) is 11.5 Å². The number of hydrogen-bond acceptors (Lipinski definition) is 4. The summed E-state index contributed by atoms with van der Waals surface area (Å²) in [7, 11) is 0. The van der Waals surface area contributed by atoms with Crippen LogP contribution in [-0.2, 0) is 0 Å². The second-order valence-electron chi connectivity index (χ2n) is 5.72. The molecule has 0 spiro atoms. The van der Waals surface area contributed by atoms with Crippen molar-refractivity contribution in [2.45, 2.75) is 26.1 Å². The molecule has 0 bridgehead atoms. The van der Waals surface area contributed by atoms with Gasteiger partial charge in [0, 0.05) is 14.5 Å². The van der Waals surface area contributed by atoms with Crippen molar-refractivity contribution >= 4 is 42.8 Å². The zero-order chi connectivity index (χ0) is 17.6. The number of hydrogen-bond donors (Lipinski definition) is 3. The van der Waals surface area contributed by atoms with E-state index in [9.17, 15) is 15.3 Å². The van der Waals surface area contributed by atoms with Crippen LogP contribution in [0.3, 0.4) is 0 Å². The van der Waals surface area contributed by atoms with Crippen LogP contribution in [0.15, 0.2) is 43.7 Å². The van der Waals surface area contributed by atoms with Gasteiger partial charge in [-0.25, -0.2) is 0 Å². The molecule has 3 aromatic rings. The molecule has 0 saturated heterocycles. The molecule has 0 radical (unpaired) electrons. The Labute approximate surface area is 156 Å². The Balaban J connectivity index is 2.26. The number of aliphatic hydroxyl groups excluding tert-OH is 2. The van der Waals surface area contributed by atoms with Crippen molar-refractivity contribution in [3.05, 3.63) is 61.7 Å². The molecule has 2 unspecified atom stereocenters. The molecule has 0 saturated carbocycles. The second kappa shape index (κ2) is 6.52. The molecule has 126 valence electrons. The lowest BCUT2D eigenvalue weighted by Gasteiger charge is -2.15. The van der Waals surface area contributed by atoms with Crippen LogP contribution >= 0.6 is 31.9 Å². The number of fused-ring (bicyclic) bond motifs is 1. The SMILES string of the molecule is Cc1c(Br)cc(C(O)c2c(C(C)O)oc3cccc(O)c23)cc1Br. The Kier molecular flexibility index (Phi) is 4.75. The summed E-state index contributed by atoms with van der Waals surface area (Å²) in [6, 6.07) is 8.51. The predicted molar refractivity (Wildman–Crippen MR) is 99.2 cm³/mol. The Morgan fingerprint density at radius 2 is 1.71 bits per heavy atom. The van der Waals surface area contributed by atoms with Crippen LogP contribution in [0.5, 0.6) is 5.75 Å². The summed E-state index contributed by atoms with van der Waals surface area (Å²) in [6.45, 7) is 3.51. The van der Waals surface area contributed by atoms with Gasteiger partial charge in [0.15, 0.2) is 0 Å². The molecule has 1 heterocycles. The highest BCUT2D eigenvalue weighted by Gasteiger charge is 2.27. The van der Waals surface area contributed by atoms with Gasteiger partial charge in [0.25, 0.3) is 0 Å². The monoisotopic (exact) mass is 454 g/mol. The van der Waals surface area contributed by atoms with Gasteiger partial charge >= 0.3 is 0 Å². The van der Waals surface area contributed by atoms with Gasteiger partial charge < -0.3 is 19.7 Å². The van der Waals surface area contributed by atoms with E-state index >= 15 is 0 Å². The molecule has 0 aliphatic carbocycles. The molecule has 2 atom stereocenters. The van der Waals surface area contributed by atoms with E-state index in [4.69, 9.17) is 4.42 Å². The normalized spacial score (nSPS) is 14.1. The van der Waals surface area contributed by atoms with Crippen LogP contribution in [0.4, 0.5) is 0 Å². The molecule has 4 nitrogen and oxygen atoms in total. The highest BCUT2D eigenvalue weighted by atomic mass is 79.9. The fourth-order valence-corrected chi connectivity index (χ4v) is 3.97. The van der Waals surface area contributed by atoms with Crippen molar-refractivity contribution in [2.75, 3.05) is 0 Å². The van der Waals surface area contributed by atoms with Gasteiger partial charge in [0.05, 0.1) is 5.39 Å². The summed E-state index contributed by atoms with van der Waals surface area (Å²) in [5.74, 6) is 0.245. The zero-order valence-electron chi connectivity index (χ0n) is 13.0. The Morgan fingerprint density at radius 3 is 2.29 bits per heavy atom. The summed E-state index contributed by atoms with van der Waals surface area (Å²) >= 11 is 6.95. The van der Waals surface area contributed by atoms with E-state index < -0.39 is 12.2 Å². The number of aromatic hydroxyl groups is 1. The van der Waals surface area contributed by atoms with Crippen molar-refractivity contribution in [3.8, 4) is 5.75 Å². The van der Waals surface area contributed by atoms with Crippen molar-refractivity contribution in [1.82, 2.24) is 0 Å². The number of halogens is 2. The molecule has 3 rings (SSSR count). The van der Waals surface area contributed by atoms with Gasteiger partial charge in [-0.1, -0.05) is 37.9 Å². The first kappa shape index (κ1) is 17.5. The van der Waals surface area contributed by atoms with E-state index in [0.29, 0.717) is 22.1 Å². The molecule has 2 aromatic carbocycles.